The van der Waals surface area contributed by atoms with E-state index in [1.807, 2.05) is 0 Å². The van der Waals surface area contributed by atoms with Gasteiger partial charge in [0.1, 0.15) is 5.82 Å². The van der Waals surface area contributed by atoms with Crippen molar-refractivity contribution < 1.29 is 9.90 Å². The van der Waals surface area contributed by atoms with Gasteiger partial charge in [0.2, 0.25) is 0 Å². The predicted molar refractivity (Wildman–Crippen MR) is 56.1 cm³/mol. The summed E-state index contributed by atoms with van der Waals surface area (Å²) in [6.07, 6.45) is 1.65. The minimum Gasteiger partial charge on any atom is -0.481 e. The maximum atomic E-state index is 11.5. The fraction of sp³-hybridized carbons (Fsp3) is 0.200. The van der Waals surface area contributed by atoms with Crippen molar-refractivity contribution in [1.82, 2.24) is 15.0 Å². The summed E-state index contributed by atoms with van der Waals surface area (Å²) in [6.45, 7) is 0. The van der Waals surface area contributed by atoms with Crippen LogP contribution in [-0.2, 0) is 11.2 Å². The van der Waals surface area contributed by atoms with Crippen molar-refractivity contribution in [3.63, 3.8) is 0 Å². The summed E-state index contributed by atoms with van der Waals surface area (Å²) in [7, 11) is 0. The van der Waals surface area contributed by atoms with Crippen molar-refractivity contribution >= 4 is 17.0 Å². The lowest BCUT2D eigenvalue weighted by molar-refractivity contribution is -0.137. The van der Waals surface area contributed by atoms with Gasteiger partial charge < -0.3 is 10.1 Å². The molecule has 0 aromatic carbocycles. The lowest BCUT2D eigenvalue weighted by Crippen LogP contribution is -2.14. The molecule has 2 heterocycles. The molecule has 0 aliphatic heterocycles. The third-order valence-corrected chi connectivity index (χ3v) is 2.09. The first-order valence-electron chi connectivity index (χ1n) is 4.72. The van der Waals surface area contributed by atoms with Crippen LogP contribution in [0.1, 0.15) is 12.2 Å². The number of nitrogens with one attached hydrogen (secondary N) is 1. The van der Waals surface area contributed by atoms with E-state index in [1.54, 1.807) is 12.1 Å². The summed E-state index contributed by atoms with van der Waals surface area (Å²) in [5.41, 5.74) is 0.402. The quantitative estimate of drug-likeness (QED) is 0.775. The second-order valence-corrected chi connectivity index (χ2v) is 3.28. The van der Waals surface area contributed by atoms with Gasteiger partial charge in [0.05, 0.1) is 11.9 Å². The SMILES string of the molecule is O=C(O)CCc1nc2cccnc2c(=O)[nH]1. The molecule has 2 rings (SSSR count). The van der Waals surface area contributed by atoms with E-state index in [0.717, 1.165) is 0 Å². The van der Waals surface area contributed by atoms with E-state index in [9.17, 15) is 9.59 Å². The van der Waals surface area contributed by atoms with Crippen LogP contribution >= 0.6 is 0 Å². The predicted octanol–water partition coefficient (Wildman–Crippen LogP) is 0.335. The third-order valence-electron chi connectivity index (χ3n) is 2.09. The molecule has 2 aromatic rings. The number of aromatic amines is 1. The topological polar surface area (TPSA) is 95.9 Å². The number of aliphatic carboxylic acids is 1. The Kier molecular flexibility index (Phi) is 2.63. The molecule has 0 aliphatic carbocycles. The van der Waals surface area contributed by atoms with Crippen LogP contribution in [0, 0.1) is 0 Å². The number of carbonyl (C=O) groups is 1. The van der Waals surface area contributed by atoms with Crippen LogP contribution in [0.3, 0.4) is 0 Å². The van der Waals surface area contributed by atoms with E-state index < -0.39 is 5.97 Å². The Labute approximate surface area is 90.0 Å². The molecule has 6 heteroatoms. The highest BCUT2D eigenvalue weighted by atomic mass is 16.4. The number of nitrogens with zero attached hydrogens (tertiary/aromatic N) is 2. The van der Waals surface area contributed by atoms with Gasteiger partial charge in [0.25, 0.3) is 5.56 Å². The number of carboxylic acids is 1. The van der Waals surface area contributed by atoms with Crippen molar-refractivity contribution in [2.45, 2.75) is 12.8 Å². The van der Waals surface area contributed by atoms with E-state index in [1.165, 1.54) is 6.20 Å². The monoisotopic (exact) mass is 219 g/mol. The van der Waals surface area contributed by atoms with E-state index >= 15 is 0 Å². The van der Waals surface area contributed by atoms with Crippen LogP contribution in [0.5, 0.6) is 0 Å². The van der Waals surface area contributed by atoms with Crippen molar-refractivity contribution in [2.24, 2.45) is 0 Å². The average Bonchev–Trinajstić information content (AvgIpc) is 2.26. The molecule has 16 heavy (non-hydrogen) atoms. The maximum Gasteiger partial charge on any atom is 0.303 e. The molecule has 2 N–H and O–H groups in total. The minimum atomic E-state index is -0.922. The standard InChI is InChI=1S/C10H9N3O3/c14-8(15)4-3-7-12-6-2-1-5-11-9(6)10(16)13-7/h1-2,5H,3-4H2,(H,14,15)(H,12,13,16). The Bertz CT molecular complexity index is 591. The molecule has 6 nitrogen and oxygen atoms in total. The zero-order chi connectivity index (χ0) is 11.5. The molecule has 0 unspecified atom stereocenters. The molecule has 0 fully saturated rings. The fourth-order valence-electron chi connectivity index (χ4n) is 1.37. The van der Waals surface area contributed by atoms with Crippen LogP contribution < -0.4 is 5.56 Å². The first-order valence-corrected chi connectivity index (χ1v) is 4.72. The minimum absolute atomic E-state index is 0.0608. The largest absolute Gasteiger partial charge is 0.481 e. The molecular formula is C10H9N3O3. The smallest absolute Gasteiger partial charge is 0.303 e. The number of fused-ring (bicyclic) bond motifs is 1. The summed E-state index contributed by atoms with van der Waals surface area (Å²) >= 11 is 0. The first kappa shape index (κ1) is 10.3. The summed E-state index contributed by atoms with van der Waals surface area (Å²) in [4.78, 5) is 32.5. The van der Waals surface area contributed by atoms with Crippen LogP contribution in [0.15, 0.2) is 23.1 Å². The summed E-state index contributed by atoms with van der Waals surface area (Å²) in [5.74, 6) is -0.554. The molecule has 0 aliphatic rings. The first-order chi connectivity index (χ1) is 7.66. The van der Waals surface area contributed by atoms with Crippen molar-refractivity contribution in [3.8, 4) is 0 Å². The van der Waals surface area contributed by atoms with E-state index in [4.69, 9.17) is 5.11 Å². The van der Waals surface area contributed by atoms with Gasteiger partial charge in [0, 0.05) is 12.6 Å². The number of hydrogen-bond acceptors (Lipinski definition) is 4. The number of hydrogen-bond donors (Lipinski definition) is 2. The van der Waals surface area contributed by atoms with E-state index in [0.29, 0.717) is 11.3 Å². The molecule has 0 saturated heterocycles. The van der Waals surface area contributed by atoms with Gasteiger partial charge >= 0.3 is 5.97 Å². The Morgan fingerprint density at radius 3 is 3.06 bits per heavy atom. The average molecular weight is 219 g/mol. The Morgan fingerprint density at radius 2 is 2.31 bits per heavy atom. The molecule has 0 atom stereocenters. The second kappa shape index (κ2) is 4.09. The number of aryl methyl sites for hydroxylation is 1. The summed E-state index contributed by atoms with van der Waals surface area (Å²) in [6, 6.07) is 3.34. The highest BCUT2D eigenvalue weighted by Crippen LogP contribution is 2.03. The van der Waals surface area contributed by atoms with Crippen molar-refractivity contribution in [3.05, 3.63) is 34.5 Å². The van der Waals surface area contributed by atoms with Gasteiger partial charge in [0.15, 0.2) is 5.52 Å². The van der Waals surface area contributed by atoms with E-state index in [-0.39, 0.29) is 23.9 Å². The third kappa shape index (κ3) is 2.05. The van der Waals surface area contributed by atoms with Gasteiger partial charge in [-0.2, -0.15) is 0 Å². The van der Waals surface area contributed by atoms with Gasteiger partial charge in [-0.3, -0.25) is 9.59 Å². The van der Waals surface area contributed by atoms with Crippen molar-refractivity contribution in [2.75, 3.05) is 0 Å². The second-order valence-electron chi connectivity index (χ2n) is 3.28. The van der Waals surface area contributed by atoms with Gasteiger partial charge in [-0.1, -0.05) is 0 Å². The lowest BCUT2D eigenvalue weighted by Gasteiger charge is -2.00. The number of rotatable bonds is 3. The Hall–Kier alpha value is -2.24. The maximum absolute atomic E-state index is 11.5. The van der Waals surface area contributed by atoms with Crippen LogP contribution in [0.25, 0.3) is 11.0 Å². The lowest BCUT2D eigenvalue weighted by atomic mass is 10.3. The number of aromatic nitrogens is 3. The van der Waals surface area contributed by atoms with E-state index in [2.05, 4.69) is 15.0 Å². The van der Waals surface area contributed by atoms with Gasteiger partial charge in [-0.05, 0) is 12.1 Å². The molecular weight excluding hydrogens is 210 g/mol. The highest BCUT2D eigenvalue weighted by Gasteiger charge is 2.05. The van der Waals surface area contributed by atoms with Crippen LogP contribution in [0.2, 0.25) is 0 Å². The molecule has 2 aromatic heterocycles. The van der Waals surface area contributed by atoms with Crippen LogP contribution in [0.4, 0.5) is 0 Å². The molecule has 0 saturated carbocycles. The summed E-state index contributed by atoms with van der Waals surface area (Å²) < 4.78 is 0. The Balaban J connectivity index is 2.42. The molecule has 0 bridgehead atoms. The number of H-pyrrole nitrogens is 1. The molecule has 82 valence electrons. The molecule has 0 radical (unpaired) electrons. The number of carboxylic acid groups (broad SMARTS) is 1. The van der Waals surface area contributed by atoms with Crippen molar-refractivity contribution in [1.29, 1.82) is 0 Å². The zero-order valence-corrected chi connectivity index (χ0v) is 8.30. The van der Waals surface area contributed by atoms with Gasteiger partial charge in [-0.25, -0.2) is 9.97 Å². The summed E-state index contributed by atoms with van der Waals surface area (Å²) in [5, 5.41) is 8.53. The zero-order valence-electron chi connectivity index (χ0n) is 8.30. The molecule has 0 spiro atoms. The Morgan fingerprint density at radius 1 is 1.50 bits per heavy atom. The number of pyridine rings is 1. The van der Waals surface area contributed by atoms with Gasteiger partial charge in [-0.15, -0.1) is 0 Å². The normalized spacial score (nSPS) is 10.5. The van der Waals surface area contributed by atoms with Crippen LogP contribution in [-0.4, -0.2) is 26.0 Å². The molecule has 0 amide bonds. The fourth-order valence-corrected chi connectivity index (χ4v) is 1.37. The highest BCUT2D eigenvalue weighted by molar-refractivity contribution is 5.72.